The van der Waals surface area contributed by atoms with Crippen molar-refractivity contribution in [2.45, 2.75) is 32.7 Å². The summed E-state index contributed by atoms with van der Waals surface area (Å²) in [6, 6.07) is 2.22. The molecule has 0 bridgehead atoms. The summed E-state index contributed by atoms with van der Waals surface area (Å²) in [6.07, 6.45) is 4.30. The Kier molecular flexibility index (Phi) is 5.27. The number of nitrogens with zero attached hydrogens (tertiary/aromatic N) is 2. The highest BCUT2D eigenvalue weighted by molar-refractivity contribution is 9.10. The molecule has 2 rings (SSSR count). The van der Waals surface area contributed by atoms with E-state index in [1.165, 1.54) is 6.42 Å². The molecule has 1 atom stereocenters. The van der Waals surface area contributed by atoms with Gasteiger partial charge in [0.15, 0.2) is 0 Å². The molecule has 4 nitrogen and oxygen atoms in total. The number of amides is 1. The summed E-state index contributed by atoms with van der Waals surface area (Å²) in [5.41, 5.74) is 0.789. The maximum absolute atomic E-state index is 12.8. The first-order chi connectivity index (χ1) is 9.52. The zero-order chi connectivity index (χ0) is 14.7. The molecule has 1 saturated heterocycles. The van der Waals surface area contributed by atoms with Gasteiger partial charge in [-0.2, -0.15) is 0 Å². The molecule has 1 fully saturated rings. The minimum absolute atomic E-state index is 0.158. The molecule has 0 aromatic carbocycles. The molecular weight excluding hydrogens is 318 g/mol. The summed E-state index contributed by atoms with van der Waals surface area (Å²) in [5.74, 6) is 0.730. The van der Waals surface area contributed by atoms with Crippen LogP contribution in [-0.2, 0) is 0 Å². The molecule has 112 valence electrons. The van der Waals surface area contributed by atoms with Gasteiger partial charge in [-0.05, 0) is 68.2 Å². The number of likely N-dealkylation sites (tertiary alicyclic amines) is 1. The van der Waals surface area contributed by atoms with Crippen LogP contribution >= 0.6 is 15.9 Å². The Bertz CT molecular complexity index is 468. The van der Waals surface area contributed by atoms with Crippen molar-refractivity contribution in [3.8, 4) is 0 Å². The normalized spacial score (nSPS) is 19.6. The van der Waals surface area contributed by atoms with Crippen LogP contribution in [0.2, 0.25) is 0 Å². The second kappa shape index (κ2) is 6.76. The first-order valence-corrected chi connectivity index (χ1v) is 8.13. The van der Waals surface area contributed by atoms with E-state index in [1.807, 2.05) is 28.8 Å². The molecule has 0 aliphatic carbocycles. The lowest BCUT2D eigenvalue weighted by molar-refractivity contribution is 0.0661. The van der Waals surface area contributed by atoms with Crippen LogP contribution in [0.25, 0.3) is 0 Å². The number of aromatic nitrogens is 1. The molecule has 1 aromatic heterocycles. The molecule has 5 heteroatoms. The maximum atomic E-state index is 12.8. The molecule has 1 amide bonds. The second-order valence-corrected chi connectivity index (χ2v) is 6.78. The topological polar surface area (TPSA) is 37.3 Å². The van der Waals surface area contributed by atoms with E-state index in [0.29, 0.717) is 5.92 Å². The van der Waals surface area contributed by atoms with Crippen LogP contribution in [0.15, 0.2) is 16.7 Å². The average Bonchev–Trinajstić information content (AvgIpc) is 2.81. The summed E-state index contributed by atoms with van der Waals surface area (Å²) < 4.78 is 3.02. The maximum Gasteiger partial charge on any atom is 0.270 e. The number of hydrogen-bond acceptors (Lipinski definition) is 2. The zero-order valence-corrected chi connectivity index (χ0v) is 14.1. The van der Waals surface area contributed by atoms with Gasteiger partial charge in [0.25, 0.3) is 5.91 Å². The lowest BCUT2D eigenvalue weighted by atomic mass is 9.98. The lowest BCUT2D eigenvalue weighted by Crippen LogP contribution is -2.43. The number of carbonyl (C=O) groups excluding carboxylic acids is 1. The van der Waals surface area contributed by atoms with E-state index in [4.69, 9.17) is 0 Å². The fraction of sp³-hybridized carbons (Fsp3) is 0.667. The minimum atomic E-state index is 0.158. The summed E-state index contributed by atoms with van der Waals surface area (Å²) in [4.78, 5) is 14.8. The predicted molar refractivity (Wildman–Crippen MR) is 85.1 cm³/mol. The molecular formula is C15H24BrN3O. The van der Waals surface area contributed by atoms with Crippen LogP contribution in [0.1, 0.15) is 43.2 Å². The highest BCUT2D eigenvalue weighted by Crippen LogP contribution is 2.23. The highest BCUT2D eigenvalue weighted by Gasteiger charge is 2.26. The summed E-state index contributed by atoms with van der Waals surface area (Å²) in [7, 11) is 1.97. The fourth-order valence-electron chi connectivity index (χ4n) is 2.91. The van der Waals surface area contributed by atoms with Gasteiger partial charge < -0.3 is 14.8 Å². The van der Waals surface area contributed by atoms with Crippen molar-refractivity contribution >= 4 is 21.8 Å². The Labute approximate surface area is 129 Å². The van der Waals surface area contributed by atoms with Gasteiger partial charge in [-0.15, -0.1) is 0 Å². The number of halogens is 1. The lowest BCUT2D eigenvalue weighted by Gasteiger charge is -2.33. The standard InChI is InChI=1S/C15H24BrN3O/c1-11(2)19-10-13(16)7-14(19)15(20)18-6-4-5-12(9-18)8-17-3/h7,10-12,17H,4-6,8-9H2,1-3H3/t12-/m0/s1. The first kappa shape index (κ1) is 15.6. The first-order valence-electron chi connectivity index (χ1n) is 7.34. The smallest absolute Gasteiger partial charge is 0.270 e. The summed E-state index contributed by atoms with van der Waals surface area (Å²) in [6.45, 7) is 6.92. The van der Waals surface area contributed by atoms with E-state index in [2.05, 4.69) is 35.1 Å². The molecule has 0 radical (unpaired) electrons. The van der Waals surface area contributed by atoms with Crippen LogP contribution in [0.3, 0.4) is 0 Å². The van der Waals surface area contributed by atoms with Crippen molar-refractivity contribution in [2.24, 2.45) is 5.92 Å². The van der Waals surface area contributed by atoms with Crippen molar-refractivity contribution in [2.75, 3.05) is 26.7 Å². The Morgan fingerprint density at radius 3 is 2.95 bits per heavy atom. The van der Waals surface area contributed by atoms with Crippen LogP contribution < -0.4 is 5.32 Å². The Morgan fingerprint density at radius 1 is 1.55 bits per heavy atom. The minimum Gasteiger partial charge on any atom is -0.340 e. The molecule has 1 aliphatic heterocycles. The van der Waals surface area contributed by atoms with Crippen molar-refractivity contribution in [3.05, 3.63) is 22.4 Å². The summed E-state index contributed by atoms with van der Waals surface area (Å²) in [5, 5.41) is 3.22. The fourth-order valence-corrected chi connectivity index (χ4v) is 3.35. The Hall–Kier alpha value is -0.810. The third kappa shape index (κ3) is 3.44. The van der Waals surface area contributed by atoms with Crippen LogP contribution in [0, 0.1) is 5.92 Å². The van der Waals surface area contributed by atoms with E-state index in [-0.39, 0.29) is 11.9 Å². The predicted octanol–water partition coefficient (Wildman–Crippen LogP) is 2.90. The molecule has 0 unspecified atom stereocenters. The van der Waals surface area contributed by atoms with E-state index in [1.54, 1.807) is 0 Å². The molecule has 1 aliphatic rings. The van der Waals surface area contributed by atoms with Crippen LogP contribution in [0.4, 0.5) is 0 Å². The molecule has 1 N–H and O–H groups in total. The van der Waals surface area contributed by atoms with Gasteiger partial charge in [-0.25, -0.2) is 0 Å². The quantitative estimate of drug-likeness (QED) is 0.914. The van der Waals surface area contributed by atoms with Crippen molar-refractivity contribution in [1.82, 2.24) is 14.8 Å². The number of carbonyl (C=O) groups is 1. The zero-order valence-electron chi connectivity index (χ0n) is 12.5. The van der Waals surface area contributed by atoms with Gasteiger partial charge in [0, 0.05) is 29.8 Å². The third-order valence-electron chi connectivity index (χ3n) is 3.89. The van der Waals surface area contributed by atoms with Crippen molar-refractivity contribution in [1.29, 1.82) is 0 Å². The number of rotatable bonds is 4. The van der Waals surface area contributed by atoms with E-state index in [9.17, 15) is 4.79 Å². The van der Waals surface area contributed by atoms with Crippen LogP contribution in [0.5, 0.6) is 0 Å². The van der Waals surface area contributed by atoms with Crippen LogP contribution in [-0.4, -0.2) is 42.1 Å². The van der Waals surface area contributed by atoms with Gasteiger partial charge in [0.2, 0.25) is 0 Å². The highest BCUT2D eigenvalue weighted by atomic mass is 79.9. The Morgan fingerprint density at radius 2 is 2.30 bits per heavy atom. The van der Waals surface area contributed by atoms with Gasteiger partial charge in [0.1, 0.15) is 5.69 Å². The monoisotopic (exact) mass is 341 g/mol. The molecule has 1 aromatic rings. The Balaban J connectivity index is 2.14. The van der Waals surface area contributed by atoms with E-state index >= 15 is 0 Å². The molecule has 0 spiro atoms. The number of nitrogens with one attached hydrogen (secondary N) is 1. The van der Waals surface area contributed by atoms with E-state index < -0.39 is 0 Å². The summed E-state index contributed by atoms with van der Waals surface area (Å²) >= 11 is 3.48. The number of piperidine rings is 1. The largest absolute Gasteiger partial charge is 0.340 e. The molecule has 2 heterocycles. The van der Waals surface area contributed by atoms with Crippen molar-refractivity contribution in [3.63, 3.8) is 0 Å². The third-order valence-corrected chi connectivity index (χ3v) is 4.32. The SMILES string of the molecule is CNC[C@@H]1CCCN(C(=O)c2cc(Br)cn2C(C)C)C1. The van der Waals surface area contributed by atoms with E-state index in [0.717, 1.165) is 36.2 Å². The number of hydrogen-bond donors (Lipinski definition) is 1. The van der Waals surface area contributed by atoms with Gasteiger partial charge >= 0.3 is 0 Å². The van der Waals surface area contributed by atoms with Crippen molar-refractivity contribution < 1.29 is 4.79 Å². The van der Waals surface area contributed by atoms with Gasteiger partial charge in [0.05, 0.1) is 0 Å². The van der Waals surface area contributed by atoms with Gasteiger partial charge in [-0.1, -0.05) is 0 Å². The average molecular weight is 342 g/mol. The molecule has 20 heavy (non-hydrogen) atoms. The van der Waals surface area contributed by atoms with Gasteiger partial charge in [-0.3, -0.25) is 4.79 Å². The second-order valence-electron chi connectivity index (χ2n) is 5.86. The molecule has 0 saturated carbocycles.